The average Bonchev–Trinajstić information content (AvgIpc) is 2.29. The maximum atomic E-state index is 13.5. The highest BCUT2D eigenvalue weighted by molar-refractivity contribution is 9.10. The van der Waals surface area contributed by atoms with E-state index < -0.39 is 0 Å². The highest BCUT2D eigenvalue weighted by Gasteiger charge is 2.32. The van der Waals surface area contributed by atoms with Gasteiger partial charge in [0.05, 0.1) is 0 Å². The van der Waals surface area contributed by atoms with Crippen molar-refractivity contribution in [3.8, 4) is 0 Å². The molecule has 2 unspecified atom stereocenters. The van der Waals surface area contributed by atoms with E-state index in [1.54, 1.807) is 6.07 Å². The molecular formula is C16H24BrFN2. The molecule has 1 fully saturated rings. The van der Waals surface area contributed by atoms with E-state index in [1.165, 1.54) is 6.07 Å². The zero-order chi connectivity index (χ0) is 14.9. The van der Waals surface area contributed by atoms with Crippen LogP contribution in [0, 0.1) is 11.2 Å². The van der Waals surface area contributed by atoms with Gasteiger partial charge in [0.1, 0.15) is 5.82 Å². The van der Waals surface area contributed by atoms with Crippen LogP contribution in [0.25, 0.3) is 0 Å². The number of hydrogen-bond donors (Lipinski definition) is 1. The summed E-state index contributed by atoms with van der Waals surface area (Å²) in [6, 6.07) is 6.07. The van der Waals surface area contributed by atoms with Crippen molar-refractivity contribution in [2.75, 3.05) is 13.1 Å². The fraction of sp³-hybridized carbons (Fsp3) is 0.625. The van der Waals surface area contributed by atoms with Crippen molar-refractivity contribution in [2.45, 2.75) is 46.3 Å². The Morgan fingerprint density at radius 3 is 2.65 bits per heavy atom. The molecule has 0 saturated carbocycles. The van der Waals surface area contributed by atoms with Gasteiger partial charge in [0.15, 0.2) is 0 Å². The monoisotopic (exact) mass is 342 g/mol. The maximum absolute atomic E-state index is 13.5. The second-order valence-electron chi connectivity index (χ2n) is 6.88. The number of halogens is 2. The zero-order valence-electron chi connectivity index (χ0n) is 12.7. The van der Waals surface area contributed by atoms with E-state index >= 15 is 0 Å². The number of benzene rings is 1. The summed E-state index contributed by atoms with van der Waals surface area (Å²) in [5.41, 5.74) is 1.26. The average molecular weight is 343 g/mol. The van der Waals surface area contributed by atoms with E-state index in [4.69, 9.17) is 0 Å². The van der Waals surface area contributed by atoms with Gasteiger partial charge in [0.25, 0.3) is 0 Å². The first-order valence-corrected chi connectivity index (χ1v) is 7.97. The SMILES string of the molecule is CC1CNC(C(C)(C)C)CN1Cc1cc(F)cc(Br)c1. The molecule has 1 aromatic carbocycles. The fourth-order valence-corrected chi connectivity index (χ4v) is 3.17. The summed E-state index contributed by atoms with van der Waals surface area (Å²) in [6.45, 7) is 11.8. The summed E-state index contributed by atoms with van der Waals surface area (Å²) in [5.74, 6) is -0.176. The molecule has 2 rings (SSSR count). The minimum Gasteiger partial charge on any atom is -0.311 e. The predicted octanol–water partition coefficient (Wildman–Crippen LogP) is 3.80. The third-order valence-electron chi connectivity index (χ3n) is 4.05. The van der Waals surface area contributed by atoms with Crippen molar-refractivity contribution in [1.29, 1.82) is 0 Å². The Morgan fingerprint density at radius 1 is 1.35 bits per heavy atom. The maximum Gasteiger partial charge on any atom is 0.124 e. The van der Waals surface area contributed by atoms with Crippen LogP contribution in [0.15, 0.2) is 22.7 Å². The summed E-state index contributed by atoms with van der Waals surface area (Å²) >= 11 is 3.37. The summed E-state index contributed by atoms with van der Waals surface area (Å²) < 4.78 is 14.3. The largest absolute Gasteiger partial charge is 0.311 e. The highest BCUT2D eigenvalue weighted by Crippen LogP contribution is 2.25. The molecule has 1 N–H and O–H groups in total. The summed E-state index contributed by atoms with van der Waals surface area (Å²) in [4.78, 5) is 2.44. The molecule has 1 aliphatic rings. The van der Waals surface area contributed by atoms with Crippen LogP contribution >= 0.6 is 15.9 Å². The number of rotatable bonds is 2. The van der Waals surface area contributed by atoms with Gasteiger partial charge in [-0.05, 0) is 36.1 Å². The molecule has 0 spiro atoms. The molecule has 0 aromatic heterocycles. The molecule has 4 heteroatoms. The summed E-state index contributed by atoms with van der Waals surface area (Å²) in [7, 11) is 0. The first-order valence-electron chi connectivity index (χ1n) is 7.18. The van der Waals surface area contributed by atoms with E-state index in [1.807, 2.05) is 6.07 Å². The Hall–Kier alpha value is -0.450. The smallest absolute Gasteiger partial charge is 0.124 e. The molecule has 1 aromatic rings. The quantitative estimate of drug-likeness (QED) is 0.879. The number of hydrogen-bond acceptors (Lipinski definition) is 2. The van der Waals surface area contributed by atoms with Crippen molar-refractivity contribution < 1.29 is 4.39 Å². The minimum absolute atomic E-state index is 0.176. The lowest BCUT2D eigenvalue weighted by Crippen LogP contribution is -2.59. The van der Waals surface area contributed by atoms with E-state index in [2.05, 4.69) is 53.8 Å². The van der Waals surface area contributed by atoms with Crippen molar-refractivity contribution in [2.24, 2.45) is 5.41 Å². The Kier molecular flexibility index (Phi) is 4.88. The van der Waals surface area contributed by atoms with Crippen LogP contribution in [-0.2, 0) is 6.54 Å². The Balaban J connectivity index is 2.10. The molecule has 112 valence electrons. The van der Waals surface area contributed by atoms with Gasteiger partial charge in [-0.25, -0.2) is 4.39 Å². The Morgan fingerprint density at radius 2 is 2.05 bits per heavy atom. The first-order chi connectivity index (χ1) is 9.25. The Bertz CT molecular complexity index is 450. The number of nitrogens with one attached hydrogen (secondary N) is 1. The topological polar surface area (TPSA) is 15.3 Å². The van der Waals surface area contributed by atoms with Gasteiger partial charge in [-0.15, -0.1) is 0 Å². The lowest BCUT2D eigenvalue weighted by atomic mass is 9.84. The number of piperazine rings is 1. The normalized spacial score (nSPS) is 24.9. The van der Waals surface area contributed by atoms with E-state index in [0.717, 1.165) is 29.7 Å². The van der Waals surface area contributed by atoms with E-state index in [0.29, 0.717) is 12.1 Å². The van der Waals surface area contributed by atoms with Crippen LogP contribution in [0.2, 0.25) is 0 Å². The molecule has 0 amide bonds. The van der Waals surface area contributed by atoms with Gasteiger partial charge < -0.3 is 5.32 Å². The van der Waals surface area contributed by atoms with Crippen molar-refractivity contribution in [3.63, 3.8) is 0 Å². The van der Waals surface area contributed by atoms with Crippen molar-refractivity contribution in [3.05, 3.63) is 34.1 Å². The standard InChI is InChI=1S/C16H24BrFN2/c1-11-8-19-15(16(2,3)4)10-20(11)9-12-5-13(17)7-14(18)6-12/h5-7,11,15,19H,8-10H2,1-4H3. The minimum atomic E-state index is -0.176. The van der Waals surface area contributed by atoms with E-state index in [-0.39, 0.29) is 11.2 Å². The summed E-state index contributed by atoms with van der Waals surface area (Å²) in [6.07, 6.45) is 0. The lowest BCUT2D eigenvalue weighted by Gasteiger charge is -2.44. The summed E-state index contributed by atoms with van der Waals surface area (Å²) in [5, 5.41) is 3.62. The third kappa shape index (κ3) is 4.03. The molecule has 1 aliphatic heterocycles. The third-order valence-corrected chi connectivity index (χ3v) is 4.51. The van der Waals surface area contributed by atoms with Gasteiger partial charge in [-0.3, -0.25) is 4.90 Å². The van der Waals surface area contributed by atoms with Crippen molar-refractivity contribution >= 4 is 15.9 Å². The second kappa shape index (κ2) is 6.12. The molecule has 0 radical (unpaired) electrons. The molecule has 20 heavy (non-hydrogen) atoms. The zero-order valence-corrected chi connectivity index (χ0v) is 14.3. The van der Waals surface area contributed by atoms with Crippen LogP contribution in [0.3, 0.4) is 0 Å². The van der Waals surface area contributed by atoms with Gasteiger partial charge in [0, 0.05) is 36.2 Å². The fourth-order valence-electron chi connectivity index (χ4n) is 2.66. The number of nitrogens with zero attached hydrogens (tertiary/aromatic N) is 1. The van der Waals surface area contributed by atoms with Gasteiger partial charge in [-0.2, -0.15) is 0 Å². The molecule has 1 saturated heterocycles. The van der Waals surface area contributed by atoms with Gasteiger partial charge in [-0.1, -0.05) is 36.7 Å². The van der Waals surface area contributed by atoms with Crippen LogP contribution in [0.1, 0.15) is 33.3 Å². The molecule has 0 aliphatic carbocycles. The van der Waals surface area contributed by atoms with Gasteiger partial charge >= 0.3 is 0 Å². The molecule has 1 heterocycles. The molecule has 2 atom stereocenters. The lowest BCUT2D eigenvalue weighted by molar-refractivity contribution is 0.0876. The van der Waals surface area contributed by atoms with Gasteiger partial charge in [0.2, 0.25) is 0 Å². The van der Waals surface area contributed by atoms with Crippen LogP contribution in [0.4, 0.5) is 4.39 Å². The van der Waals surface area contributed by atoms with Crippen LogP contribution in [0.5, 0.6) is 0 Å². The Labute approximate surface area is 129 Å². The predicted molar refractivity (Wildman–Crippen MR) is 85.2 cm³/mol. The molecule has 0 bridgehead atoms. The van der Waals surface area contributed by atoms with Crippen LogP contribution < -0.4 is 5.32 Å². The van der Waals surface area contributed by atoms with E-state index in [9.17, 15) is 4.39 Å². The second-order valence-corrected chi connectivity index (χ2v) is 7.80. The van der Waals surface area contributed by atoms with Crippen molar-refractivity contribution in [1.82, 2.24) is 10.2 Å². The molecule has 2 nitrogen and oxygen atoms in total. The van der Waals surface area contributed by atoms with Crippen LogP contribution in [-0.4, -0.2) is 30.1 Å². The highest BCUT2D eigenvalue weighted by atomic mass is 79.9. The first kappa shape index (κ1) is 15.9. The molecular weight excluding hydrogens is 319 g/mol.